The Labute approximate surface area is 141 Å². The lowest BCUT2D eigenvalue weighted by molar-refractivity contribution is 0.183. The molecule has 0 heterocycles. The summed E-state index contributed by atoms with van der Waals surface area (Å²) < 4.78 is 27.1. The van der Waals surface area contributed by atoms with Gasteiger partial charge in [-0.25, -0.2) is 13.1 Å². The molecule has 0 aliphatic heterocycles. The van der Waals surface area contributed by atoms with Crippen LogP contribution in [0.4, 0.5) is 0 Å². The van der Waals surface area contributed by atoms with Gasteiger partial charge >= 0.3 is 0 Å². The summed E-state index contributed by atoms with van der Waals surface area (Å²) in [5, 5.41) is 12.4. The summed E-state index contributed by atoms with van der Waals surface area (Å²) in [5.74, 6) is 0. The topological polar surface area (TPSA) is 66.4 Å². The van der Waals surface area contributed by atoms with E-state index in [0.717, 1.165) is 16.3 Å². The van der Waals surface area contributed by atoms with E-state index in [1.54, 1.807) is 24.3 Å². The van der Waals surface area contributed by atoms with Crippen molar-refractivity contribution in [3.63, 3.8) is 0 Å². The molecule has 3 aromatic carbocycles. The summed E-state index contributed by atoms with van der Waals surface area (Å²) in [4.78, 5) is 0.193. The van der Waals surface area contributed by atoms with Crippen LogP contribution in [0.25, 0.3) is 10.8 Å². The van der Waals surface area contributed by atoms with Gasteiger partial charge in [-0.2, -0.15) is 0 Å². The van der Waals surface area contributed by atoms with Gasteiger partial charge in [0, 0.05) is 6.54 Å². The van der Waals surface area contributed by atoms with Crippen LogP contribution in [0.1, 0.15) is 17.2 Å². The first-order chi connectivity index (χ1) is 11.5. The fraction of sp³-hybridized carbons (Fsp3) is 0.158. The lowest BCUT2D eigenvalue weighted by atomic mass is 10.0. The number of hydrogen-bond donors (Lipinski definition) is 2. The predicted octanol–water partition coefficient (Wildman–Crippen LogP) is 3.16. The third kappa shape index (κ3) is 3.48. The molecule has 0 fully saturated rings. The van der Waals surface area contributed by atoms with E-state index in [2.05, 4.69) is 4.72 Å². The minimum absolute atomic E-state index is 0.0791. The molecule has 3 aromatic rings. The van der Waals surface area contributed by atoms with Crippen LogP contribution in [0.15, 0.2) is 71.6 Å². The first-order valence-electron chi connectivity index (χ1n) is 7.69. The fourth-order valence-electron chi connectivity index (χ4n) is 2.64. The van der Waals surface area contributed by atoms with Crippen molar-refractivity contribution in [2.24, 2.45) is 0 Å². The number of aliphatic hydroxyl groups excluding tert-OH is 1. The molecule has 124 valence electrons. The highest BCUT2D eigenvalue weighted by atomic mass is 32.2. The first-order valence-corrected chi connectivity index (χ1v) is 9.18. The van der Waals surface area contributed by atoms with E-state index in [-0.39, 0.29) is 11.4 Å². The zero-order valence-corrected chi connectivity index (χ0v) is 14.1. The molecule has 3 rings (SSSR count). The standard InChI is InChI=1S/C19H19NO3S/c1-14-9-11-16(12-10-14)24(22,23)20-13-19(21)18-8-4-6-15-5-2-3-7-17(15)18/h2-12,19-21H,13H2,1H3. The molecule has 0 amide bonds. The average Bonchev–Trinajstić information content (AvgIpc) is 2.59. The van der Waals surface area contributed by atoms with Gasteiger partial charge in [0.05, 0.1) is 11.0 Å². The predicted molar refractivity (Wildman–Crippen MR) is 95.3 cm³/mol. The van der Waals surface area contributed by atoms with Crippen molar-refractivity contribution in [2.75, 3.05) is 6.54 Å². The van der Waals surface area contributed by atoms with Crippen LogP contribution in [0.5, 0.6) is 0 Å². The molecule has 0 saturated carbocycles. The fourth-order valence-corrected chi connectivity index (χ4v) is 3.68. The van der Waals surface area contributed by atoms with Crippen LogP contribution in [0, 0.1) is 6.92 Å². The maximum atomic E-state index is 12.3. The van der Waals surface area contributed by atoms with Crippen LogP contribution >= 0.6 is 0 Å². The molecule has 0 bridgehead atoms. The van der Waals surface area contributed by atoms with E-state index in [1.165, 1.54) is 0 Å². The number of aryl methyl sites for hydroxylation is 1. The third-order valence-corrected chi connectivity index (χ3v) is 5.42. The van der Waals surface area contributed by atoms with E-state index in [4.69, 9.17) is 0 Å². The maximum absolute atomic E-state index is 12.3. The van der Waals surface area contributed by atoms with Crippen LogP contribution in [0.2, 0.25) is 0 Å². The van der Waals surface area contributed by atoms with Crippen molar-refractivity contribution < 1.29 is 13.5 Å². The van der Waals surface area contributed by atoms with E-state index >= 15 is 0 Å². The molecule has 0 spiro atoms. The van der Waals surface area contributed by atoms with Crippen molar-refractivity contribution in [3.8, 4) is 0 Å². The minimum atomic E-state index is -3.64. The zero-order chi connectivity index (χ0) is 17.2. The molecule has 0 aromatic heterocycles. The van der Waals surface area contributed by atoms with E-state index in [1.807, 2.05) is 49.4 Å². The second-order valence-corrected chi connectivity index (χ2v) is 7.52. The molecule has 1 unspecified atom stereocenters. The number of sulfonamides is 1. The Bertz CT molecular complexity index is 945. The highest BCUT2D eigenvalue weighted by Gasteiger charge is 2.17. The Morgan fingerprint density at radius 3 is 2.38 bits per heavy atom. The Kier molecular flexibility index (Phi) is 4.66. The molecule has 0 radical (unpaired) electrons. The molecular formula is C19H19NO3S. The highest BCUT2D eigenvalue weighted by Crippen LogP contribution is 2.24. The van der Waals surface area contributed by atoms with Crippen LogP contribution < -0.4 is 4.72 Å². The monoisotopic (exact) mass is 341 g/mol. The summed E-state index contributed by atoms with van der Waals surface area (Å²) in [7, 11) is -3.64. The van der Waals surface area contributed by atoms with Gasteiger partial charge in [-0.1, -0.05) is 60.2 Å². The van der Waals surface area contributed by atoms with Crippen molar-refractivity contribution in [3.05, 3.63) is 77.9 Å². The smallest absolute Gasteiger partial charge is 0.240 e. The van der Waals surface area contributed by atoms with Crippen LogP contribution in [0.3, 0.4) is 0 Å². The number of nitrogens with one attached hydrogen (secondary N) is 1. The van der Waals surface area contributed by atoms with Crippen molar-refractivity contribution in [2.45, 2.75) is 17.9 Å². The zero-order valence-electron chi connectivity index (χ0n) is 13.3. The van der Waals surface area contributed by atoms with Gasteiger partial charge in [-0.15, -0.1) is 0 Å². The molecule has 0 aliphatic rings. The lowest BCUT2D eigenvalue weighted by Crippen LogP contribution is -2.28. The Morgan fingerprint density at radius 2 is 1.62 bits per heavy atom. The van der Waals surface area contributed by atoms with Gasteiger partial charge in [-0.05, 0) is 35.4 Å². The number of fused-ring (bicyclic) bond motifs is 1. The first kappa shape index (κ1) is 16.6. The number of benzene rings is 3. The second kappa shape index (κ2) is 6.73. The number of aliphatic hydroxyl groups is 1. The maximum Gasteiger partial charge on any atom is 0.240 e. The van der Waals surface area contributed by atoms with Gasteiger partial charge < -0.3 is 5.11 Å². The normalized spacial score (nSPS) is 13.1. The molecule has 0 aliphatic carbocycles. The van der Waals surface area contributed by atoms with Gasteiger partial charge in [-0.3, -0.25) is 0 Å². The summed E-state index contributed by atoms with van der Waals surface area (Å²) in [5.41, 5.74) is 1.70. The SMILES string of the molecule is Cc1ccc(S(=O)(=O)NCC(O)c2cccc3ccccc23)cc1. The van der Waals surface area contributed by atoms with E-state index in [9.17, 15) is 13.5 Å². The Hall–Kier alpha value is -2.21. The van der Waals surface area contributed by atoms with Gasteiger partial charge in [0.1, 0.15) is 0 Å². The van der Waals surface area contributed by atoms with E-state index < -0.39 is 16.1 Å². The van der Waals surface area contributed by atoms with Crippen LogP contribution in [-0.4, -0.2) is 20.1 Å². The Balaban J connectivity index is 1.79. The van der Waals surface area contributed by atoms with E-state index in [0.29, 0.717) is 5.56 Å². The third-order valence-electron chi connectivity index (χ3n) is 3.98. The van der Waals surface area contributed by atoms with Crippen molar-refractivity contribution >= 4 is 20.8 Å². The highest BCUT2D eigenvalue weighted by molar-refractivity contribution is 7.89. The average molecular weight is 341 g/mol. The molecule has 4 nitrogen and oxygen atoms in total. The quantitative estimate of drug-likeness (QED) is 0.749. The molecular weight excluding hydrogens is 322 g/mol. The number of hydrogen-bond acceptors (Lipinski definition) is 3. The molecule has 24 heavy (non-hydrogen) atoms. The molecule has 0 saturated heterocycles. The largest absolute Gasteiger partial charge is 0.387 e. The van der Waals surface area contributed by atoms with Crippen molar-refractivity contribution in [1.82, 2.24) is 4.72 Å². The summed E-state index contributed by atoms with van der Waals surface area (Å²) in [6.45, 7) is 1.82. The Morgan fingerprint density at radius 1 is 0.958 bits per heavy atom. The van der Waals surface area contributed by atoms with Crippen molar-refractivity contribution in [1.29, 1.82) is 0 Å². The summed E-state index contributed by atoms with van der Waals surface area (Å²) >= 11 is 0. The molecule has 1 atom stereocenters. The summed E-state index contributed by atoms with van der Waals surface area (Å²) in [6.07, 6.45) is -0.920. The summed E-state index contributed by atoms with van der Waals surface area (Å²) in [6, 6.07) is 19.9. The lowest BCUT2D eigenvalue weighted by Gasteiger charge is -2.15. The van der Waals surface area contributed by atoms with Gasteiger partial charge in [0.15, 0.2) is 0 Å². The minimum Gasteiger partial charge on any atom is -0.387 e. The van der Waals surface area contributed by atoms with Gasteiger partial charge in [0.25, 0.3) is 0 Å². The molecule has 5 heteroatoms. The van der Waals surface area contributed by atoms with Crippen LogP contribution in [-0.2, 0) is 10.0 Å². The number of rotatable bonds is 5. The second-order valence-electron chi connectivity index (χ2n) is 5.75. The van der Waals surface area contributed by atoms with Gasteiger partial charge in [0.2, 0.25) is 10.0 Å². The molecule has 2 N–H and O–H groups in total.